The van der Waals surface area contributed by atoms with Crippen molar-refractivity contribution in [2.24, 2.45) is 0 Å². The highest BCUT2D eigenvalue weighted by Gasteiger charge is 2.21. The number of hydrogen-bond donors (Lipinski definition) is 0. The van der Waals surface area contributed by atoms with Crippen LogP contribution in [0.4, 0.5) is 0 Å². The van der Waals surface area contributed by atoms with Gasteiger partial charge in [0.2, 0.25) is 0 Å². The molecule has 0 bridgehead atoms. The molecule has 2 heteroatoms. The second kappa shape index (κ2) is 5.74. The van der Waals surface area contributed by atoms with Crippen LogP contribution < -0.4 is 0 Å². The topological polar surface area (TPSA) is 26.3 Å². The Kier molecular flexibility index (Phi) is 4.60. The first-order chi connectivity index (χ1) is 7.10. The normalized spacial score (nSPS) is 26.9. The van der Waals surface area contributed by atoms with Crippen LogP contribution in [-0.4, -0.2) is 11.6 Å². The zero-order chi connectivity index (χ0) is 11.1. The van der Waals surface area contributed by atoms with E-state index >= 15 is 0 Å². The summed E-state index contributed by atoms with van der Waals surface area (Å²) in [5.74, 6) is -0.124. The van der Waals surface area contributed by atoms with E-state index in [0.717, 1.165) is 25.7 Å². The summed E-state index contributed by atoms with van der Waals surface area (Å²) in [6, 6.07) is 0. The Morgan fingerprint density at radius 3 is 2.73 bits per heavy atom. The first-order valence-corrected chi connectivity index (χ1v) is 5.62. The van der Waals surface area contributed by atoms with Crippen LogP contribution in [0.5, 0.6) is 0 Å². The number of rotatable bonds is 0. The lowest BCUT2D eigenvalue weighted by molar-refractivity contribution is -0.155. The van der Waals surface area contributed by atoms with E-state index in [0.29, 0.717) is 6.42 Å². The van der Waals surface area contributed by atoms with Crippen LogP contribution >= 0.6 is 0 Å². The predicted molar refractivity (Wildman–Crippen MR) is 61.5 cm³/mol. The number of carbonyl (C=O) groups excluding carboxylic acids is 1. The minimum Gasteiger partial charge on any atom is -0.459 e. The van der Waals surface area contributed by atoms with Crippen molar-refractivity contribution in [1.29, 1.82) is 0 Å². The van der Waals surface area contributed by atoms with Gasteiger partial charge in [0, 0.05) is 0 Å². The molecule has 0 saturated heterocycles. The summed E-state index contributed by atoms with van der Waals surface area (Å²) in [5, 5.41) is 0. The highest BCUT2D eigenvalue weighted by Crippen LogP contribution is 2.19. The lowest BCUT2D eigenvalue weighted by Gasteiger charge is -2.24. The van der Waals surface area contributed by atoms with Crippen molar-refractivity contribution < 1.29 is 9.53 Å². The van der Waals surface area contributed by atoms with Gasteiger partial charge in [0.25, 0.3) is 0 Å². The van der Waals surface area contributed by atoms with E-state index in [1.807, 2.05) is 26.0 Å². The molecule has 0 aliphatic carbocycles. The van der Waals surface area contributed by atoms with E-state index in [4.69, 9.17) is 4.74 Å². The van der Waals surface area contributed by atoms with Crippen molar-refractivity contribution in [2.75, 3.05) is 0 Å². The molecular weight excluding hydrogens is 188 g/mol. The molecule has 1 heterocycles. The molecule has 0 radical (unpaired) electrons. The maximum atomic E-state index is 11.4. The van der Waals surface area contributed by atoms with E-state index < -0.39 is 0 Å². The average Bonchev–Trinajstić information content (AvgIpc) is 2.12. The van der Waals surface area contributed by atoms with Crippen LogP contribution in [0.3, 0.4) is 0 Å². The van der Waals surface area contributed by atoms with Crippen LogP contribution in [0.15, 0.2) is 24.3 Å². The molecule has 0 N–H and O–H groups in total. The Morgan fingerprint density at radius 1 is 1.20 bits per heavy atom. The van der Waals surface area contributed by atoms with Crippen LogP contribution in [0.25, 0.3) is 0 Å². The van der Waals surface area contributed by atoms with Gasteiger partial charge >= 0.3 is 5.97 Å². The Morgan fingerprint density at radius 2 is 1.93 bits per heavy atom. The summed E-state index contributed by atoms with van der Waals surface area (Å²) in [4.78, 5) is 11.4. The highest BCUT2D eigenvalue weighted by atomic mass is 16.6. The number of cyclic esters (lactones) is 1. The van der Waals surface area contributed by atoms with Crippen molar-refractivity contribution in [2.45, 2.75) is 51.6 Å². The molecule has 0 amide bonds. The van der Waals surface area contributed by atoms with Crippen molar-refractivity contribution in [3.63, 3.8) is 0 Å². The van der Waals surface area contributed by atoms with Gasteiger partial charge in [-0.2, -0.15) is 0 Å². The molecule has 0 saturated carbocycles. The second-order valence-electron chi connectivity index (χ2n) is 4.51. The van der Waals surface area contributed by atoms with Gasteiger partial charge in [0.1, 0.15) is 5.60 Å². The largest absolute Gasteiger partial charge is 0.459 e. The molecule has 0 aromatic carbocycles. The zero-order valence-corrected chi connectivity index (χ0v) is 9.66. The van der Waals surface area contributed by atoms with Gasteiger partial charge in [-0.05, 0) is 39.5 Å². The third-order valence-corrected chi connectivity index (χ3v) is 2.43. The van der Waals surface area contributed by atoms with Crippen LogP contribution in [-0.2, 0) is 9.53 Å². The van der Waals surface area contributed by atoms with Crippen LogP contribution in [0.1, 0.15) is 46.0 Å². The summed E-state index contributed by atoms with van der Waals surface area (Å²) < 4.78 is 5.40. The van der Waals surface area contributed by atoms with E-state index in [-0.39, 0.29) is 11.6 Å². The lowest BCUT2D eigenvalue weighted by Crippen LogP contribution is -2.27. The molecular formula is C13H20O2. The molecule has 0 atom stereocenters. The molecule has 15 heavy (non-hydrogen) atoms. The van der Waals surface area contributed by atoms with E-state index in [2.05, 4.69) is 12.2 Å². The molecule has 0 spiro atoms. The molecule has 0 unspecified atom stereocenters. The van der Waals surface area contributed by atoms with Crippen molar-refractivity contribution in [1.82, 2.24) is 0 Å². The summed E-state index contributed by atoms with van der Waals surface area (Å²) in [5.41, 5.74) is -0.321. The van der Waals surface area contributed by atoms with Gasteiger partial charge < -0.3 is 4.74 Å². The first-order valence-electron chi connectivity index (χ1n) is 5.62. The Balaban J connectivity index is 2.57. The zero-order valence-electron chi connectivity index (χ0n) is 9.66. The molecule has 1 aliphatic rings. The number of carbonyl (C=O) groups is 1. The van der Waals surface area contributed by atoms with Crippen molar-refractivity contribution in [3.05, 3.63) is 24.3 Å². The molecule has 0 aromatic rings. The second-order valence-corrected chi connectivity index (χ2v) is 4.51. The maximum absolute atomic E-state index is 11.4. The summed E-state index contributed by atoms with van der Waals surface area (Å²) in [6.07, 6.45) is 12.6. The summed E-state index contributed by atoms with van der Waals surface area (Å²) in [6.45, 7) is 3.95. The number of ether oxygens (including phenoxy) is 1. The Bertz CT molecular complexity index is 262. The third kappa shape index (κ3) is 5.40. The molecule has 0 aromatic heterocycles. The summed E-state index contributed by atoms with van der Waals surface area (Å²) >= 11 is 0. The standard InChI is InChI=1S/C13H20O2/c1-13(2)11-9-7-5-3-4-6-8-10-12(14)15-13/h3,5-6,8H,4,7,9-11H2,1-2H3/b5-3-,8-6-. The van der Waals surface area contributed by atoms with Crippen molar-refractivity contribution >= 4 is 5.97 Å². The first kappa shape index (κ1) is 12.0. The number of allylic oxidation sites excluding steroid dienone is 3. The number of hydrogen-bond acceptors (Lipinski definition) is 2. The smallest absolute Gasteiger partial charge is 0.310 e. The Hall–Kier alpha value is -1.05. The molecule has 2 nitrogen and oxygen atoms in total. The monoisotopic (exact) mass is 208 g/mol. The SMILES string of the molecule is CC1(C)CCC/C=C\C/C=C\CC(=O)O1. The van der Waals surface area contributed by atoms with Gasteiger partial charge in [-0.1, -0.05) is 24.3 Å². The molecule has 0 fully saturated rings. The van der Waals surface area contributed by atoms with Crippen LogP contribution in [0.2, 0.25) is 0 Å². The quantitative estimate of drug-likeness (QED) is 0.450. The molecule has 84 valence electrons. The highest BCUT2D eigenvalue weighted by molar-refractivity contribution is 5.71. The fourth-order valence-corrected chi connectivity index (χ4v) is 1.61. The Labute approximate surface area is 92.0 Å². The fourth-order valence-electron chi connectivity index (χ4n) is 1.61. The lowest BCUT2D eigenvalue weighted by atomic mass is 10.0. The molecule has 1 rings (SSSR count). The van der Waals surface area contributed by atoms with E-state index in [1.165, 1.54) is 0 Å². The maximum Gasteiger partial charge on any atom is 0.310 e. The molecule has 1 aliphatic heterocycles. The predicted octanol–water partition coefficient (Wildman–Crippen LogP) is 3.38. The van der Waals surface area contributed by atoms with Gasteiger partial charge in [0.15, 0.2) is 0 Å². The fraction of sp³-hybridized carbons (Fsp3) is 0.615. The third-order valence-electron chi connectivity index (χ3n) is 2.43. The van der Waals surface area contributed by atoms with Gasteiger partial charge in [0.05, 0.1) is 6.42 Å². The minimum atomic E-state index is -0.321. The summed E-state index contributed by atoms with van der Waals surface area (Å²) in [7, 11) is 0. The van der Waals surface area contributed by atoms with Gasteiger partial charge in [-0.3, -0.25) is 4.79 Å². The van der Waals surface area contributed by atoms with E-state index in [1.54, 1.807) is 0 Å². The van der Waals surface area contributed by atoms with E-state index in [9.17, 15) is 4.79 Å². The van der Waals surface area contributed by atoms with Gasteiger partial charge in [-0.15, -0.1) is 0 Å². The van der Waals surface area contributed by atoms with Crippen molar-refractivity contribution in [3.8, 4) is 0 Å². The average molecular weight is 208 g/mol. The van der Waals surface area contributed by atoms with Crippen LogP contribution in [0, 0.1) is 0 Å². The minimum absolute atomic E-state index is 0.124. The number of esters is 1. The van der Waals surface area contributed by atoms with Gasteiger partial charge in [-0.25, -0.2) is 0 Å².